The van der Waals surface area contributed by atoms with Crippen LogP contribution in [0.4, 0.5) is 0 Å². The van der Waals surface area contributed by atoms with E-state index in [9.17, 15) is 9.59 Å². The zero-order valence-electron chi connectivity index (χ0n) is 14.9. The summed E-state index contributed by atoms with van der Waals surface area (Å²) in [6.07, 6.45) is 7.02. The molecule has 2 amide bonds. The normalized spacial score (nSPS) is 20.1. The molecule has 0 radical (unpaired) electrons. The summed E-state index contributed by atoms with van der Waals surface area (Å²) in [7, 11) is 0. The average Bonchev–Trinajstić information content (AvgIpc) is 2.65. The van der Waals surface area contributed by atoms with E-state index in [-0.39, 0.29) is 23.8 Å². The monoisotopic (exact) mass is 345 g/mol. The van der Waals surface area contributed by atoms with Crippen LogP contribution in [0, 0.1) is 5.41 Å². The van der Waals surface area contributed by atoms with Gasteiger partial charge in [0.25, 0.3) is 0 Å². The van der Waals surface area contributed by atoms with Crippen LogP contribution >= 0.6 is 0 Å². The second kappa shape index (κ2) is 7.95. The summed E-state index contributed by atoms with van der Waals surface area (Å²) < 4.78 is 5.22. The first-order valence-corrected chi connectivity index (χ1v) is 9.18. The molecule has 2 aliphatic rings. The number of amides is 2. The van der Waals surface area contributed by atoms with Gasteiger partial charge in [0, 0.05) is 45.2 Å². The maximum absolute atomic E-state index is 13.1. The van der Waals surface area contributed by atoms with Crippen molar-refractivity contribution < 1.29 is 14.3 Å². The number of piperidine rings is 2. The van der Waals surface area contributed by atoms with E-state index in [2.05, 4.69) is 4.98 Å². The number of nitrogens with zero attached hydrogens (tertiary/aromatic N) is 3. The molecule has 3 heterocycles. The van der Waals surface area contributed by atoms with Gasteiger partial charge in [0.1, 0.15) is 6.61 Å². The number of hydrogen-bond donors (Lipinski definition) is 0. The van der Waals surface area contributed by atoms with Crippen LogP contribution in [0.5, 0.6) is 0 Å². The molecule has 0 aliphatic carbocycles. The second-order valence-corrected chi connectivity index (χ2v) is 6.98. The van der Waals surface area contributed by atoms with E-state index < -0.39 is 0 Å². The van der Waals surface area contributed by atoms with Crippen LogP contribution in [0.25, 0.3) is 0 Å². The zero-order valence-corrected chi connectivity index (χ0v) is 14.9. The van der Waals surface area contributed by atoms with Crippen molar-refractivity contribution in [1.29, 1.82) is 0 Å². The Bertz CT molecular complexity index is 597. The van der Waals surface area contributed by atoms with Gasteiger partial charge >= 0.3 is 0 Å². The van der Waals surface area contributed by atoms with E-state index in [1.54, 1.807) is 12.4 Å². The molecule has 1 aromatic rings. The molecule has 0 saturated carbocycles. The Kier molecular flexibility index (Phi) is 5.68. The van der Waals surface area contributed by atoms with E-state index in [4.69, 9.17) is 4.74 Å². The van der Waals surface area contributed by atoms with Crippen molar-refractivity contribution in [3.63, 3.8) is 0 Å². The third-order valence-corrected chi connectivity index (χ3v) is 5.45. The maximum atomic E-state index is 13.1. The Balaban J connectivity index is 1.60. The Morgan fingerprint density at radius 2 is 1.92 bits per heavy atom. The summed E-state index contributed by atoms with van der Waals surface area (Å²) >= 11 is 0. The van der Waals surface area contributed by atoms with Gasteiger partial charge in [0.2, 0.25) is 11.8 Å². The van der Waals surface area contributed by atoms with Crippen molar-refractivity contribution in [2.45, 2.75) is 39.2 Å². The molecule has 2 fully saturated rings. The van der Waals surface area contributed by atoms with Crippen LogP contribution < -0.4 is 0 Å². The number of likely N-dealkylation sites (tertiary alicyclic amines) is 2. The summed E-state index contributed by atoms with van der Waals surface area (Å²) in [5.41, 5.74) is 0.831. The van der Waals surface area contributed by atoms with Crippen LogP contribution in [-0.2, 0) is 20.9 Å². The Morgan fingerprint density at radius 3 is 2.60 bits per heavy atom. The number of aromatic nitrogens is 1. The largest absolute Gasteiger partial charge is 0.372 e. The lowest BCUT2D eigenvalue weighted by molar-refractivity contribution is -0.154. The van der Waals surface area contributed by atoms with Gasteiger partial charge in [-0.3, -0.25) is 14.6 Å². The molecule has 2 aliphatic heterocycles. The van der Waals surface area contributed by atoms with E-state index in [0.29, 0.717) is 26.2 Å². The SMILES string of the molecule is CCOCC(=O)N1CCC2(CCCN(Cc3ccncc3)C2=O)CC1. The van der Waals surface area contributed by atoms with E-state index in [1.165, 1.54) is 0 Å². The van der Waals surface area contributed by atoms with E-state index in [0.717, 1.165) is 37.8 Å². The molecule has 2 saturated heterocycles. The first-order chi connectivity index (χ1) is 12.1. The Labute approximate surface area is 149 Å². The number of rotatable bonds is 5. The minimum atomic E-state index is -0.284. The number of ether oxygens (including phenoxy) is 1. The number of carbonyl (C=O) groups excluding carboxylic acids is 2. The Hall–Kier alpha value is -1.95. The van der Waals surface area contributed by atoms with Gasteiger partial charge < -0.3 is 14.5 Å². The molecule has 3 rings (SSSR count). The highest BCUT2D eigenvalue weighted by atomic mass is 16.5. The number of pyridine rings is 1. The highest BCUT2D eigenvalue weighted by Gasteiger charge is 2.46. The minimum Gasteiger partial charge on any atom is -0.372 e. The molecule has 0 N–H and O–H groups in total. The lowest BCUT2D eigenvalue weighted by Gasteiger charge is -2.46. The average molecular weight is 345 g/mol. The van der Waals surface area contributed by atoms with Crippen molar-refractivity contribution in [3.05, 3.63) is 30.1 Å². The summed E-state index contributed by atoms with van der Waals surface area (Å²) in [6, 6.07) is 3.92. The van der Waals surface area contributed by atoms with E-state index >= 15 is 0 Å². The molecule has 0 unspecified atom stereocenters. The molecule has 0 aromatic carbocycles. The fourth-order valence-corrected chi connectivity index (χ4v) is 3.94. The molecule has 136 valence electrons. The molecule has 0 bridgehead atoms. The molecular weight excluding hydrogens is 318 g/mol. The molecule has 25 heavy (non-hydrogen) atoms. The van der Waals surface area contributed by atoms with Gasteiger partial charge in [-0.25, -0.2) is 0 Å². The van der Waals surface area contributed by atoms with Crippen LogP contribution in [0.15, 0.2) is 24.5 Å². The fourth-order valence-electron chi connectivity index (χ4n) is 3.94. The van der Waals surface area contributed by atoms with Crippen molar-refractivity contribution in [2.24, 2.45) is 5.41 Å². The smallest absolute Gasteiger partial charge is 0.248 e. The zero-order chi connectivity index (χ0) is 17.7. The minimum absolute atomic E-state index is 0.0357. The van der Waals surface area contributed by atoms with Crippen LogP contribution in [0.2, 0.25) is 0 Å². The Morgan fingerprint density at radius 1 is 1.20 bits per heavy atom. The van der Waals surface area contributed by atoms with Crippen molar-refractivity contribution in [2.75, 3.05) is 32.8 Å². The third-order valence-electron chi connectivity index (χ3n) is 5.45. The van der Waals surface area contributed by atoms with Gasteiger partial charge in [-0.15, -0.1) is 0 Å². The molecule has 1 spiro atoms. The van der Waals surface area contributed by atoms with E-state index in [1.807, 2.05) is 28.9 Å². The molecule has 6 nitrogen and oxygen atoms in total. The second-order valence-electron chi connectivity index (χ2n) is 6.98. The number of hydrogen-bond acceptors (Lipinski definition) is 4. The molecule has 6 heteroatoms. The fraction of sp³-hybridized carbons (Fsp3) is 0.632. The lowest BCUT2D eigenvalue weighted by atomic mass is 9.71. The van der Waals surface area contributed by atoms with Crippen molar-refractivity contribution in [3.8, 4) is 0 Å². The highest BCUT2D eigenvalue weighted by Crippen LogP contribution is 2.41. The summed E-state index contributed by atoms with van der Waals surface area (Å²) in [4.78, 5) is 33.1. The predicted octanol–water partition coefficient (Wildman–Crippen LogP) is 1.85. The quantitative estimate of drug-likeness (QED) is 0.817. The topological polar surface area (TPSA) is 62.7 Å². The summed E-state index contributed by atoms with van der Waals surface area (Å²) in [6.45, 7) is 5.35. The van der Waals surface area contributed by atoms with Gasteiger partial charge in [-0.05, 0) is 50.3 Å². The highest BCUT2D eigenvalue weighted by molar-refractivity contribution is 5.84. The molecule has 0 atom stereocenters. The van der Waals surface area contributed by atoms with Gasteiger partial charge in [-0.2, -0.15) is 0 Å². The first kappa shape index (κ1) is 17.9. The summed E-state index contributed by atoms with van der Waals surface area (Å²) in [5, 5.41) is 0. The number of carbonyl (C=O) groups is 2. The maximum Gasteiger partial charge on any atom is 0.248 e. The summed E-state index contributed by atoms with van der Waals surface area (Å²) in [5.74, 6) is 0.293. The molecule has 1 aromatic heterocycles. The predicted molar refractivity (Wildman–Crippen MR) is 93.6 cm³/mol. The standard InChI is InChI=1S/C19H27N3O3/c1-2-25-15-17(23)21-12-7-19(8-13-21)6-3-11-22(18(19)24)14-16-4-9-20-10-5-16/h4-5,9-10H,2-3,6-8,11-15H2,1H3. The lowest BCUT2D eigenvalue weighted by Crippen LogP contribution is -2.54. The van der Waals surface area contributed by atoms with Gasteiger partial charge in [-0.1, -0.05) is 0 Å². The van der Waals surface area contributed by atoms with Crippen molar-refractivity contribution in [1.82, 2.24) is 14.8 Å². The molecular formula is C19H27N3O3. The first-order valence-electron chi connectivity index (χ1n) is 9.18. The van der Waals surface area contributed by atoms with Gasteiger partial charge in [0.05, 0.1) is 5.41 Å². The van der Waals surface area contributed by atoms with Crippen LogP contribution in [-0.4, -0.2) is 59.4 Å². The van der Waals surface area contributed by atoms with Crippen LogP contribution in [0.1, 0.15) is 38.2 Å². The van der Waals surface area contributed by atoms with Gasteiger partial charge in [0.15, 0.2) is 0 Å². The third kappa shape index (κ3) is 4.00. The van der Waals surface area contributed by atoms with Crippen LogP contribution in [0.3, 0.4) is 0 Å². The van der Waals surface area contributed by atoms with Crippen molar-refractivity contribution >= 4 is 11.8 Å².